The molecular weight excluding hydrogens is 176 g/mol. The van der Waals surface area contributed by atoms with Gasteiger partial charge in [-0.05, 0) is 18.6 Å². The van der Waals surface area contributed by atoms with E-state index in [9.17, 15) is 5.11 Å². The molecule has 0 aliphatic carbocycles. The summed E-state index contributed by atoms with van der Waals surface area (Å²) in [6.07, 6.45) is 0. The fraction of sp³-hybridized carbons (Fsp3) is 0.0909. The van der Waals surface area contributed by atoms with Gasteiger partial charge in [-0.2, -0.15) is 5.11 Å². The monoisotopic (exact) mass is 186 g/mol. The Bertz CT molecular complexity index is 506. The summed E-state index contributed by atoms with van der Waals surface area (Å²) in [5.41, 5.74) is 8.37. The van der Waals surface area contributed by atoms with Crippen LogP contribution in [0.2, 0.25) is 0 Å². The van der Waals surface area contributed by atoms with E-state index in [-0.39, 0.29) is 5.75 Å². The first-order chi connectivity index (χ1) is 6.74. The van der Waals surface area contributed by atoms with E-state index < -0.39 is 0 Å². The third-order valence-electron chi connectivity index (χ3n) is 2.31. The molecule has 0 heterocycles. The summed E-state index contributed by atoms with van der Waals surface area (Å²) in [6.45, 7) is 1.80. The van der Waals surface area contributed by atoms with Crippen LogP contribution in [-0.4, -0.2) is 5.11 Å². The fourth-order valence-electron chi connectivity index (χ4n) is 1.57. The van der Waals surface area contributed by atoms with Crippen LogP contribution in [0, 0.1) is 12.5 Å². The SMILES string of the molecule is Cc1cc(N=N)c2ccccc2c1O. The smallest absolute Gasteiger partial charge is 0.126 e. The number of fused-ring (bicyclic) bond motifs is 1. The van der Waals surface area contributed by atoms with Gasteiger partial charge in [0.25, 0.3) is 0 Å². The first-order valence-corrected chi connectivity index (χ1v) is 4.33. The Balaban J connectivity index is 2.96. The highest BCUT2D eigenvalue weighted by Gasteiger charge is 2.06. The zero-order valence-corrected chi connectivity index (χ0v) is 7.78. The Hall–Kier alpha value is -1.90. The summed E-state index contributed by atoms with van der Waals surface area (Å²) in [7, 11) is 0. The van der Waals surface area contributed by atoms with Crippen molar-refractivity contribution in [2.24, 2.45) is 5.11 Å². The zero-order chi connectivity index (χ0) is 10.1. The average molecular weight is 186 g/mol. The molecule has 0 aliphatic heterocycles. The maximum atomic E-state index is 9.78. The number of phenolic OH excluding ortho intramolecular Hbond substituents is 1. The number of aryl methyl sites for hydroxylation is 1. The van der Waals surface area contributed by atoms with Crippen molar-refractivity contribution in [3.05, 3.63) is 35.9 Å². The van der Waals surface area contributed by atoms with Gasteiger partial charge in [-0.1, -0.05) is 24.3 Å². The van der Waals surface area contributed by atoms with Crippen LogP contribution in [0.15, 0.2) is 35.4 Å². The van der Waals surface area contributed by atoms with Crippen molar-refractivity contribution in [2.75, 3.05) is 0 Å². The molecule has 2 aromatic rings. The summed E-state index contributed by atoms with van der Waals surface area (Å²) in [4.78, 5) is 0. The van der Waals surface area contributed by atoms with Gasteiger partial charge in [-0.25, -0.2) is 5.53 Å². The van der Waals surface area contributed by atoms with Crippen LogP contribution in [0.25, 0.3) is 10.8 Å². The van der Waals surface area contributed by atoms with E-state index in [0.717, 1.165) is 16.3 Å². The molecule has 0 bridgehead atoms. The molecule has 0 aromatic heterocycles. The second kappa shape index (κ2) is 3.10. The normalized spacial score (nSPS) is 10.4. The molecule has 2 rings (SSSR count). The number of rotatable bonds is 1. The minimum atomic E-state index is 0.271. The van der Waals surface area contributed by atoms with Gasteiger partial charge in [0.2, 0.25) is 0 Å². The molecule has 14 heavy (non-hydrogen) atoms. The highest BCUT2D eigenvalue weighted by atomic mass is 16.3. The van der Waals surface area contributed by atoms with Crippen LogP contribution in [0.4, 0.5) is 5.69 Å². The van der Waals surface area contributed by atoms with E-state index in [1.807, 2.05) is 24.3 Å². The van der Waals surface area contributed by atoms with Crippen molar-refractivity contribution in [3.63, 3.8) is 0 Å². The van der Waals surface area contributed by atoms with Gasteiger partial charge < -0.3 is 5.11 Å². The van der Waals surface area contributed by atoms with Crippen molar-refractivity contribution in [1.29, 1.82) is 5.53 Å². The van der Waals surface area contributed by atoms with Gasteiger partial charge in [0.15, 0.2) is 0 Å². The number of aromatic hydroxyl groups is 1. The molecule has 0 saturated heterocycles. The van der Waals surface area contributed by atoms with Crippen molar-refractivity contribution >= 4 is 16.5 Å². The highest BCUT2D eigenvalue weighted by Crippen LogP contribution is 2.35. The molecule has 3 nitrogen and oxygen atoms in total. The maximum Gasteiger partial charge on any atom is 0.126 e. The Labute approximate surface area is 81.5 Å². The van der Waals surface area contributed by atoms with Crippen LogP contribution in [0.5, 0.6) is 5.75 Å². The van der Waals surface area contributed by atoms with Crippen LogP contribution in [-0.2, 0) is 0 Å². The van der Waals surface area contributed by atoms with Gasteiger partial charge in [0.1, 0.15) is 5.75 Å². The molecule has 0 fully saturated rings. The minimum Gasteiger partial charge on any atom is -0.507 e. The lowest BCUT2D eigenvalue weighted by atomic mass is 10.0. The Kier molecular flexibility index (Phi) is 1.93. The lowest BCUT2D eigenvalue weighted by molar-refractivity contribution is 0.477. The Morgan fingerprint density at radius 1 is 1.21 bits per heavy atom. The molecule has 0 saturated carbocycles. The van der Waals surface area contributed by atoms with Crippen molar-refractivity contribution in [3.8, 4) is 5.75 Å². The van der Waals surface area contributed by atoms with E-state index in [4.69, 9.17) is 5.53 Å². The van der Waals surface area contributed by atoms with E-state index in [1.54, 1.807) is 13.0 Å². The van der Waals surface area contributed by atoms with E-state index >= 15 is 0 Å². The molecule has 0 aliphatic rings. The molecular formula is C11H10N2O. The quantitative estimate of drug-likeness (QED) is 0.658. The third kappa shape index (κ3) is 1.14. The van der Waals surface area contributed by atoms with Gasteiger partial charge >= 0.3 is 0 Å². The molecule has 3 heteroatoms. The standard InChI is InChI=1S/C11H10N2O/c1-7-6-10(13-12)8-4-2-3-5-9(8)11(7)14/h2-6,12,14H,1H3. The Morgan fingerprint density at radius 2 is 1.86 bits per heavy atom. The predicted molar refractivity (Wildman–Crippen MR) is 55.2 cm³/mol. The molecule has 0 amide bonds. The van der Waals surface area contributed by atoms with Crippen molar-refractivity contribution in [1.82, 2.24) is 0 Å². The lowest BCUT2D eigenvalue weighted by Gasteiger charge is -2.06. The van der Waals surface area contributed by atoms with Gasteiger partial charge in [0.05, 0.1) is 5.69 Å². The Morgan fingerprint density at radius 3 is 2.50 bits per heavy atom. The molecule has 70 valence electrons. The predicted octanol–water partition coefficient (Wildman–Crippen LogP) is 3.52. The molecule has 2 aromatic carbocycles. The summed E-state index contributed by atoms with van der Waals surface area (Å²) < 4.78 is 0. The molecule has 2 N–H and O–H groups in total. The van der Waals surface area contributed by atoms with Crippen LogP contribution in [0.3, 0.4) is 0 Å². The second-order valence-electron chi connectivity index (χ2n) is 3.22. The van der Waals surface area contributed by atoms with E-state index in [2.05, 4.69) is 5.11 Å². The second-order valence-corrected chi connectivity index (χ2v) is 3.22. The fourth-order valence-corrected chi connectivity index (χ4v) is 1.57. The number of hydrogen-bond acceptors (Lipinski definition) is 3. The lowest BCUT2D eigenvalue weighted by Crippen LogP contribution is -1.79. The van der Waals surface area contributed by atoms with Crippen LogP contribution < -0.4 is 0 Å². The highest BCUT2D eigenvalue weighted by molar-refractivity contribution is 5.97. The first kappa shape index (κ1) is 8.69. The van der Waals surface area contributed by atoms with Crippen LogP contribution in [0.1, 0.15) is 5.56 Å². The number of hydrogen-bond donors (Lipinski definition) is 2. The van der Waals surface area contributed by atoms with E-state index in [1.165, 1.54) is 0 Å². The molecule has 0 radical (unpaired) electrons. The van der Waals surface area contributed by atoms with Gasteiger partial charge in [0, 0.05) is 10.8 Å². The summed E-state index contributed by atoms with van der Waals surface area (Å²) in [5.74, 6) is 0.271. The number of benzene rings is 2. The zero-order valence-electron chi connectivity index (χ0n) is 7.78. The summed E-state index contributed by atoms with van der Waals surface area (Å²) >= 11 is 0. The average Bonchev–Trinajstić information content (AvgIpc) is 2.23. The third-order valence-corrected chi connectivity index (χ3v) is 2.31. The summed E-state index contributed by atoms with van der Waals surface area (Å²) in [6, 6.07) is 9.11. The number of nitrogens with one attached hydrogen (secondary N) is 1. The van der Waals surface area contributed by atoms with Gasteiger partial charge in [-0.15, -0.1) is 0 Å². The van der Waals surface area contributed by atoms with Crippen molar-refractivity contribution in [2.45, 2.75) is 6.92 Å². The molecule has 0 spiro atoms. The largest absolute Gasteiger partial charge is 0.507 e. The number of phenols is 1. The topological polar surface area (TPSA) is 56.4 Å². The maximum absolute atomic E-state index is 9.78. The minimum absolute atomic E-state index is 0.271. The van der Waals surface area contributed by atoms with E-state index in [0.29, 0.717) is 5.69 Å². The molecule has 0 atom stereocenters. The number of nitrogens with zero attached hydrogens (tertiary/aromatic N) is 1. The molecule has 0 unspecified atom stereocenters. The summed E-state index contributed by atoms with van der Waals surface area (Å²) in [5, 5.41) is 14.8. The van der Waals surface area contributed by atoms with Gasteiger partial charge in [-0.3, -0.25) is 0 Å². The van der Waals surface area contributed by atoms with Crippen LogP contribution >= 0.6 is 0 Å². The van der Waals surface area contributed by atoms with Crippen molar-refractivity contribution < 1.29 is 5.11 Å². The first-order valence-electron chi connectivity index (χ1n) is 4.33.